The topological polar surface area (TPSA) is 59.0 Å². The van der Waals surface area contributed by atoms with E-state index in [0.29, 0.717) is 31.7 Å². The molecule has 0 aromatic heterocycles. The number of benzene rings is 1. The number of aliphatic hydroxyl groups is 1. The predicted molar refractivity (Wildman–Crippen MR) is 79.6 cm³/mol. The molecule has 116 valence electrons. The lowest BCUT2D eigenvalue weighted by Gasteiger charge is -2.30. The number of amides is 1. The van der Waals surface area contributed by atoms with Crippen LogP contribution in [0.4, 0.5) is 0 Å². The van der Waals surface area contributed by atoms with E-state index >= 15 is 0 Å². The van der Waals surface area contributed by atoms with Crippen LogP contribution in [0.1, 0.15) is 30.9 Å². The van der Waals surface area contributed by atoms with Crippen molar-refractivity contribution >= 4 is 5.91 Å². The van der Waals surface area contributed by atoms with Gasteiger partial charge in [-0.05, 0) is 43.0 Å². The van der Waals surface area contributed by atoms with Crippen LogP contribution in [-0.2, 0) is 17.8 Å². The highest BCUT2D eigenvalue weighted by atomic mass is 16.5. The summed E-state index contributed by atoms with van der Waals surface area (Å²) >= 11 is 0. The van der Waals surface area contributed by atoms with E-state index in [4.69, 9.17) is 9.47 Å². The highest BCUT2D eigenvalue weighted by Gasteiger charge is 2.22. The number of rotatable bonds is 5. The quantitative estimate of drug-likeness (QED) is 0.898. The average Bonchev–Trinajstić information content (AvgIpc) is 2.50. The Morgan fingerprint density at radius 1 is 1.29 bits per heavy atom. The number of hydrogen-bond acceptors (Lipinski definition) is 4. The molecule has 1 atom stereocenters. The maximum atomic E-state index is 12.1. The lowest BCUT2D eigenvalue weighted by atomic mass is 9.98. The van der Waals surface area contributed by atoms with Gasteiger partial charge in [0.25, 0.3) is 0 Å². The first kappa shape index (κ1) is 15.6. The first-order valence-electron chi connectivity index (χ1n) is 7.24. The third-order valence-corrected chi connectivity index (χ3v) is 3.85. The van der Waals surface area contributed by atoms with Gasteiger partial charge in [-0.2, -0.15) is 0 Å². The number of aliphatic hydroxyl groups excluding tert-OH is 1. The van der Waals surface area contributed by atoms with Crippen LogP contribution in [0, 0.1) is 0 Å². The first-order chi connectivity index (χ1) is 10.0. The third-order valence-electron chi connectivity index (χ3n) is 3.85. The number of carbonyl (C=O) groups excluding carboxylic acids is 1. The minimum atomic E-state index is -0.435. The molecule has 5 nitrogen and oxygen atoms in total. The summed E-state index contributed by atoms with van der Waals surface area (Å²) in [6.07, 6.45) is 1.28. The summed E-state index contributed by atoms with van der Waals surface area (Å²) in [5.41, 5.74) is 2.30. The van der Waals surface area contributed by atoms with Gasteiger partial charge in [0.05, 0.1) is 20.3 Å². The standard InChI is InChI=1S/C16H23NO4/c1-11(18)4-5-16(19)17-7-6-12-8-14(20-2)15(21-3)9-13(12)10-17/h8-9,11,18H,4-7,10H2,1-3H3. The van der Waals surface area contributed by atoms with Gasteiger partial charge < -0.3 is 19.5 Å². The van der Waals surface area contributed by atoms with Gasteiger partial charge in [0, 0.05) is 19.5 Å². The summed E-state index contributed by atoms with van der Waals surface area (Å²) in [6, 6.07) is 3.94. The Balaban J connectivity index is 2.11. The molecule has 1 heterocycles. The van der Waals surface area contributed by atoms with E-state index in [9.17, 15) is 9.90 Å². The molecular weight excluding hydrogens is 270 g/mol. The van der Waals surface area contributed by atoms with Crippen LogP contribution in [0.25, 0.3) is 0 Å². The summed E-state index contributed by atoms with van der Waals surface area (Å²) in [7, 11) is 3.23. The molecule has 1 aliphatic heterocycles. The molecule has 1 aliphatic rings. The molecule has 0 saturated carbocycles. The lowest BCUT2D eigenvalue weighted by Crippen LogP contribution is -2.36. The SMILES string of the molecule is COc1cc2c(cc1OC)CN(C(=O)CCC(C)O)CC2. The minimum Gasteiger partial charge on any atom is -0.493 e. The molecule has 5 heteroatoms. The molecule has 0 spiro atoms. The second kappa shape index (κ2) is 6.80. The molecule has 1 unspecified atom stereocenters. The summed E-state index contributed by atoms with van der Waals surface area (Å²) in [5.74, 6) is 1.51. The van der Waals surface area contributed by atoms with Crippen LogP contribution in [0.15, 0.2) is 12.1 Å². The van der Waals surface area contributed by atoms with Gasteiger partial charge in [-0.25, -0.2) is 0 Å². The lowest BCUT2D eigenvalue weighted by molar-refractivity contribution is -0.132. The van der Waals surface area contributed by atoms with Crippen LogP contribution in [0.2, 0.25) is 0 Å². The monoisotopic (exact) mass is 293 g/mol. The van der Waals surface area contributed by atoms with Crippen molar-refractivity contribution in [2.24, 2.45) is 0 Å². The second-order valence-corrected chi connectivity index (χ2v) is 5.43. The number of hydrogen-bond donors (Lipinski definition) is 1. The highest BCUT2D eigenvalue weighted by molar-refractivity contribution is 5.76. The Hall–Kier alpha value is -1.75. The van der Waals surface area contributed by atoms with Crippen LogP contribution in [0.3, 0.4) is 0 Å². The first-order valence-corrected chi connectivity index (χ1v) is 7.24. The van der Waals surface area contributed by atoms with E-state index in [1.807, 2.05) is 17.0 Å². The predicted octanol–water partition coefficient (Wildman–Crippen LogP) is 1.75. The maximum absolute atomic E-state index is 12.1. The van der Waals surface area contributed by atoms with Gasteiger partial charge in [-0.1, -0.05) is 0 Å². The Morgan fingerprint density at radius 2 is 1.90 bits per heavy atom. The van der Waals surface area contributed by atoms with Crippen molar-refractivity contribution in [3.63, 3.8) is 0 Å². The van der Waals surface area contributed by atoms with Crippen LogP contribution in [0.5, 0.6) is 11.5 Å². The minimum absolute atomic E-state index is 0.0938. The molecule has 1 aromatic rings. The Bertz CT molecular complexity index is 513. The van der Waals surface area contributed by atoms with Gasteiger partial charge in [0.2, 0.25) is 5.91 Å². The Morgan fingerprint density at radius 3 is 2.48 bits per heavy atom. The number of nitrogens with zero attached hydrogens (tertiary/aromatic N) is 1. The van der Waals surface area contributed by atoms with E-state index < -0.39 is 6.10 Å². The average molecular weight is 293 g/mol. The summed E-state index contributed by atoms with van der Waals surface area (Å²) in [5, 5.41) is 9.28. The zero-order valence-electron chi connectivity index (χ0n) is 12.9. The van der Waals surface area contributed by atoms with Gasteiger partial charge in [0.1, 0.15) is 0 Å². The van der Waals surface area contributed by atoms with Crippen LogP contribution >= 0.6 is 0 Å². The largest absolute Gasteiger partial charge is 0.493 e. The highest BCUT2D eigenvalue weighted by Crippen LogP contribution is 2.33. The van der Waals surface area contributed by atoms with E-state index in [1.165, 1.54) is 5.56 Å². The molecule has 0 fully saturated rings. The van der Waals surface area contributed by atoms with Crippen molar-refractivity contribution < 1.29 is 19.4 Å². The molecule has 1 N–H and O–H groups in total. The van der Waals surface area contributed by atoms with Crippen molar-refractivity contribution in [2.45, 2.75) is 38.8 Å². The number of carbonyl (C=O) groups is 1. The molecule has 21 heavy (non-hydrogen) atoms. The van der Waals surface area contributed by atoms with Gasteiger partial charge >= 0.3 is 0 Å². The van der Waals surface area contributed by atoms with Crippen molar-refractivity contribution in [2.75, 3.05) is 20.8 Å². The molecule has 0 aliphatic carbocycles. The molecule has 1 amide bonds. The molecule has 0 radical (unpaired) electrons. The fourth-order valence-corrected chi connectivity index (χ4v) is 2.59. The van der Waals surface area contributed by atoms with Crippen molar-refractivity contribution in [1.29, 1.82) is 0 Å². The summed E-state index contributed by atoms with van der Waals surface area (Å²) in [4.78, 5) is 14.0. The number of methoxy groups -OCH3 is 2. The van der Waals surface area contributed by atoms with Crippen molar-refractivity contribution in [3.05, 3.63) is 23.3 Å². The molecule has 1 aromatic carbocycles. The van der Waals surface area contributed by atoms with E-state index in [1.54, 1.807) is 21.1 Å². The van der Waals surface area contributed by atoms with Crippen molar-refractivity contribution in [3.8, 4) is 11.5 Å². The van der Waals surface area contributed by atoms with Crippen LogP contribution in [-0.4, -0.2) is 42.8 Å². The third kappa shape index (κ3) is 3.67. The smallest absolute Gasteiger partial charge is 0.222 e. The van der Waals surface area contributed by atoms with E-state index in [2.05, 4.69) is 0 Å². The molecular formula is C16H23NO4. The number of fused-ring (bicyclic) bond motifs is 1. The zero-order chi connectivity index (χ0) is 15.4. The molecule has 0 saturated heterocycles. The Labute approximate surface area is 125 Å². The molecule has 2 rings (SSSR count). The molecule has 0 bridgehead atoms. The zero-order valence-corrected chi connectivity index (χ0v) is 12.9. The Kier molecular flexibility index (Phi) is 5.07. The van der Waals surface area contributed by atoms with Gasteiger partial charge in [0.15, 0.2) is 11.5 Å². The fraction of sp³-hybridized carbons (Fsp3) is 0.562. The second-order valence-electron chi connectivity index (χ2n) is 5.43. The van der Waals surface area contributed by atoms with Gasteiger partial charge in [-0.15, -0.1) is 0 Å². The van der Waals surface area contributed by atoms with Crippen molar-refractivity contribution in [1.82, 2.24) is 4.90 Å². The van der Waals surface area contributed by atoms with E-state index in [0.717, 1.165) is 17.7 Å². The number of ether oxygens (including phenoxy) is 2. The van der Waals surface area contributed by atoms with Gasteiger partial charge in [-0.3, -0.25) is 4.79 Å². The normalized spacial score (nSPS) is 15.3. The summed E-state index contributed by atoms with van der Waals surface area (Å²) in [6.45, 7) is 3.01. The maximum Gasteiger partial charge on any atom is 0.222 e. The van der Waals surface area contributed by atoms with Crippen LogP contribution < -0.4 is 9.47 Å². The summed E-state index contributed by atoms with van der Waals surface area (Å²) < 4.78 is 10.6. The van der Waals surface area contributed by atoms with E-state index in [-0.39, 0.29) is 5.91 Å². The fourth-order valence-electron chi connectivity index (χ4n) is 2.59.